The summed E-state index contributed by atoms with van der Waals surface area (Å²) >= 11 is 0. The minimum atomic E-state index is -0.302. The number of amides is 1. The third kappa shape index (κ3) is 2.44. The molecule has 2 saturated heterocycles. The molecule has 108 valence electrons. The maximum absolute atomic E-state index is 13.6. The average Bonchev–Trinajstić information content (AvgIpc) is 2.90. The van der Waals surface area contributed by atoms with Gasteiger partial charge in [0.2, 0.25) is 0 Å². The van der Waals surface area contributed by atoms with E-state index >= 15 is 0 Å². The molecule has 2 aliphatic heterocycles. The predicted molar refractivity (Wildman–Crippen MR) is 76.2 cm³/mol. The van der Waals surface area contributed by atoms with Crippen LogP contribution in [0.5, 0.6) is 0 Å². The van der Waals surface area contributed by atoms with Gasteiger partial charge in [-0.2, -0.15) is 0 Å². The van der Waals surface area contributed by atoms with Crippen molar-refractivity contribution in [2.24, 2.45) is 5.41 Å². The summed E-state index contributed by atoms with van der Waals surface area (Å²) in [6, 6.07) is 4.76. The summed E-state index contributed by atoms with van der Waals surface area (Å²) in [7, 11) is 0. The van der Waals surface area contributed by atoms with Crippen molar-refractivity contribution in [3.05, 3.63) is 35.1 Å². The molecule has 1 aromatic carbocycles. The van der Waals surface area contributed by atoms with E-state index in [0.29, 0.717) is 16.5 Å². The number of carbonyl (C=O) groups is 1. The van der Waals surface area contributed by atoms with Crippen LogP contribution >= 0.6 is 0 Å². The molecule has 0 aliphatic carbocycles. The van der Waals surface area contributed by atoms with Gasteiger partial charge in [-0.25, -0.2) is 4.39 Å². The smallest absolute Gasteiger partial charge is 0.253 e. The zero-order valence-electron chi connectivity index (χ0n) is 11.9. The Morgan fingerprint density at radius 1 is 1.30 bits per heavy atom. The van der Waals surface area contributed by atoms with Crippen LogP contribution in [0.15, 0.2) is 18.2 Å². The summed E-state index contributed by atoms with van der Waals surface area (Å²) in [5.74, 6) is -0.339. The second kappa shape index (κ2) is 5.17. The lowest BCUT2D eigenvalue weighted by molar-refractivity contribution is 0.0607. The molecule has 1 spiro atoms. The number of piperidine rings is 1. The summed E-state index contributed by atoms with van der Waals surface area (Å²) in [5.41, 5.74) is 1.44. The lowest BCUT2D eigenvalue weighted by Crippen LogP contribution is -2.44. The number of rotatable bonds is 1. The molecule has 1 N–H and O–H groups in total. The van der Waals surface area contributed by atoms with Crippen LogP contribution < -0.4 is 5.32 Å². The molecule has 1 amide bonds. The van der Waals surface area contributed by atoms with Gasteiger partial charge in [-0.1, -0.05) is 6.07 Å². The predicted octanol–water partition coefficient (Wildman–Crippen LogP) is 2.35. The first-order valence-electron chi connectivity index (χ1n) is 7.36. The molecule has 1 aromatic rings. The maximum Gasteiger partial charge on any atom is 0.253 e. The van der Waals surface area contributed by atoms with E-state index in [9.17, 15) is 9.18 Å². The van der Waals surface area contributed by atoms with Gasteiger partial charge in [0.15, 0.2) is 0 Å². The lowest BCUT2D eigenvalue weighted by Gasteiger charge is -2.38. The molecule has 2 heterocycles. The molecule has 0 saturated carbocycles. The number of nitrogens with zero attached hydrogens (tertiary/aromatic N) is 1. The second-order valence-corrected chi connectivity index (χ2v) is 6.18. The van der Waals surface area contributed by atoms with Gasteiger partial charge in [-0.15, -0.1) is 0 Å². The first kappa shape index (κ1) is 13.6. The van der Waals surface area contributed by atoms with Crippen LogP contribution in [-0.2, 0) is 0 Å². The van der Waals surface area contributed by atoms with E-state index in [4.69, 9.17) is 0 Å². The van der Waals surface area contributed by atoms with Crippen LogP contribution in [0.1, 0.15) is 35.2 Å². The third-order valence-corrected chi connectivity index (χ3v) is 4.86. The first-order valence-corrected chi connectivity index (χ1v) is 7.36. The van der Waals surface area contributed by atoms with Crippen LogP contribution in [0, 0.1) is 18.2 Å². The van der Waals surface area contributed by atoms with E-state index < -0.39 is 0 Å². The Bertz CT molecular complexity index is 513. The number of aryl methyl sites for hydroxylation is 1. The Hall–Kier alpha value is -1.42. The van der Waals surface area contributed by atoms with Crippen LogP contribution in [0.4, 0.5) is 4.39 Å². The van der Waals surface area contributed by atoms with Crippen molar-refractivity contribution in [2.45, 2.75) is 26.2 Å². The quantitative estimate of drug-likeness (QED) is 0.854. The summed E-state index contributed by atoms with van der Waals surface area (Å²) in [5, 5.41) is 3.42. The third-order valence-electron chi connectivity index (χ3n) is 4.86. The second-order valence-electron chi connectivity index (χ2n) is 6.18. The van der Waals surface area contributed by atoms with E-state index in [1.165, 1.54) is 12.5 Å². The molecular formula is C16H21FN2O. The molecule has 0 radical (unpaired) electrons. The highest BCUT2D eigenvalue weighted by molar-refractivity contribution is 5.94. The van der Waals surface area contributed by atoms with Gasteiger partial charge in [-0.3, -0.25) is 4.79 Å². The van der Waals surface area contributed by atoms with Crippen LogP contribution in [0.3, 0.4) is 0 Å². The van der Waals surface area contributed by atoms with Gasteiger partial charge < -0.3 is 10.2 Å². The molecule has 0 aromatic heterocycles. The number of hydrogen-bond donors (Lipinski definition) is 1. The van der Waals surface area contributed by atoms with E-state index in [0.717, 1.165) is 39.0 Å². The van der Waals surface area contributed by atoms with Crippen molar-refractivity contribution in [3.63, 3.8) is 0 Å². The highest BCUT2D eigenvalue weighted by Gasteiger charge is 2.38. The van der Waals surface area contributed by atoms with Gasteiger partial charge in [0.05, 0.1) is 0 Å². The van der Waals surface area contributed by atoms with Crippen LogP contribution in [0.2, 0.25) is 0 Å². The Morgan fingerprint density at radius 3 is 2.65 bits per heavy atom. The van der Waals surface area contributed by atoms with Gasteiger partial charge in [-0.05, 0) is 55.8 Å². The zero-order valence-corrected chi connectivity index (χ0v) is 11.9. The van der Waals surface area contributed by atoms with E-state index in [1.54, 1.807) is 19.1 Å². The fourth-order valence-electron chi connectivity index (χ4n) is 3.31. The molecule has 20 heavy (non-hydrogen) atoms. The minimum absolute atomic E-state index is 0.0373. The number of likely N-dealkylation sites (tertiary alicyclic amines) is 1. The topological polar surface area (TPSA) is 32.3 Å². The molecule has 3 rings (SSSR count). The van der Waals surface area contributed by atoms with Crippen LogP contribution in [-0.4, -0.2) is 37.0 Å². The largest absolute Gasteiger partial charge is 0.339 e. The number of halogens is 1. The van der Waals surface area contributed by atoms with Crippen LogP contribution in [0.25, 0.3) is 0 Å². The average molecular weight is 276 g/mol. The Kier molecular flexibility index (Phi) is 3.50. The Morgan fingerprint density at radius 2 is 2.05 bits per heavy atom. The number of nitrogens with one attached hydrogen (secondary N) is 1. The molecule has 2 fully saturated rings. The van der Waals surface area contributed by atoms with Crippen molar-refractivity contribution in [3.8, 4) is 0 Å². The molecule has 0 unspecified atom stereocenters. The highest BCUT2D eigenvalue weighted by Crippen LogP contribution is 2.37. The molecular weight excluding hydrogens is 255 g/mol. The molecule has 0 bridgehead atoms. The van der Waals surface area contributed by atoms with Gasteiger partial charge >= 0.3 is 0 Å². The maximum atomic E-state index is 13.6. The molecule has 0 atom stereocenters. The summed E-state index contributed by atoms with van der Waals surface area (Å²) in [6.07, 6.45) is 3.33. The lowest BCUT2D eigenvalue weighted by atomic mass is 9.78. The van der Waals surface area contributed by atoms with Crippen molar-refractivity contribution in [1.82, 2.24) is 10.2 Å². The Labute approximate surface area is 119 Å². The molecule has 4 heteroatoms. The highest BCUT2D eigenvalue weighted by atomic mass is 19.1. The fourth-order valence-corrected chi connectivity index (χ4v) is 3.31. The monoisotopic (exact) mass is 276 g/mol. The van der Waals surface area contributed by atoms with Crippen molar-refractivity contribution >= 4 is 5.91 Å². The van der Waals surface area contributed by atoms with E-state index in [1.807, 2.05) is 4.90 Å². The summed E-state index contributed by atoms with van der Waals surface area (Å²) < 4.78 is 13.6. The van der Waals surface area contributed by atoms with E-state index in [2.05, 4.69) is 5.32 Å². The molecule has 2 aliphatic rings. The van der Waals surface area contributed by atoms with Crippen molar-refractivity contribution in [1.29, 1.82) is 0 Å². The SMILES string of the molecule is Cc1ccc(C(=O)N2CCC3(CCNC3)CC2)cc1F. The normalized spacial score (nSPS) is 21.4. The number of hydrogen-bond acceptors (Lipinski definition) is 2. The van der Waals surface area contributed by atoms with E-state index in [-0.39, 0.29) is 11.7 Å². The first-order chi connectivity index (χ1) is 9.60. The van der Waals surface area contributed by atoms with Crippen molar-refractivity contribution < 1.29 is 9.18 Å². The summed E-state index contributed by atoms with van der Waals surface area (Å²) in [4.78, 5) is 14.3. The fraction of sp³-hybridized carbons (Fsp3) is 0.562. The van der Waals surface area contributed by atoms with Crippen molar-refractivity contribution in [2.75, 3.05) is 26.2 Å². The minimum Gasteiger partial charge on any atom is -0.339 e. The molecule has 3 nitrogen and oxygen atoms in total. The van der Waals surface area contributed by atoms with Gasteiger partial charge in [0.1, 0.15) is 5.82 Å². The van der Waals surface area contributed by atoms with Gasteiger partial charge in [0.25, 0.3) is 5.91 Å². The standard InChI is InChI=1S/C16H21FN2O/c1-12-2-3-13(10-14(12)17)15(20)19-8-5-16(6-9-19)4-7-18-11-16/h2-3,10,18H,4-9,11H2,1H3. The Balaban J connectivity index is 1.68. The zero-order chi connectivity index (χ0) is 14.2. The summed E-state index contributed by atoms with van der Waals surface area (Å²) in [6.45, 7) is 5.46. The number of carbonyl (C=O) groups excluding carboxylic acids is 1. The number of benzene rings is 1. The van der Waals surface area contributed by atoms with Gasteiger partial charge in [0, 0.05) is 25.2 Å².